The van der Waals surface area contributed by atoms with Crippen molar-refractivity contribution < 1.29 is 19.4 Å². The molecule has 0 unspecified atom stereocenters. The van der Waals surface area contributed by atoms with Crippen LogP contribution in [0, 0.1) is 12.3 Å². The van der Waals surface area contributed by atoms with Crippen LogP contribution in [0.15, 0.2) is 36.2 Å². The van der Waals surface area contributed by atoms with Crippen molar-refractivity contribution in [3.05, 3.63) is 52.4 Å². The van der Waals surface area contributed by atoms with Gasteiger partial charge in [-0.3, -0.25) is 15.5 Å². The molecule has 170 valence electrons. The molecule has 0 radical (unpaired) electrons. The Bertz CT molecular complexity index is 870. The van der Waals surface area contributed by atoms with E-state index in [1.807, 2.05) is 25.1 Å². The summed E-state index contributed by atoms with van der Waals surface area (Å²) >= 11 is 6.15. The number of aliphatic hydroxyl groups excluding tert-OH is 1. The van der Waals surface area contributed by atoms with Crippen molar-refractivity contribution in [3.8, 4) is 0 Å². The number of allylic oxidation sites excluding steroid dienone is 1. The largest absolute Gasteiger partial charge is 0.494 e. The number of halogens is 1. The molecule has 7 nitrogen and oxygen atoms in total. The van der Waals surface area contributed by atoms with Crippen LogP contribution in [0.5, 0.6) is 0 Å². The normalized spacial score (nSPS) is 12.3. The van der Waals surface area contributed by atoms with Gasteiger partial charge in [0.05, 0.1) is 0 Å². The highest BCUT2D eigenvalue weighted by Gasteiger charge is 2.17. The number of unbranched alkanes of at least 4 members (excludes halogenated alkanes) is 1. The highest BCUT2D eigenvalue weighted by molar-refractivity contribution is 6.42. The lowest BCUT2D eigenvalue weighted by molar-refractivity contribution is -0.114. The summed E-state index contributed by atoms with van der Waals surface area (Å²) in [7, 11) is 0. The van der Waals surface area contributed by atoms with Crippen LogP contribution < -0.4 is 10.6 Å². The quantitative estimate of drug-likeness (QED) is 0.303. The van der Waals surface area contributed by atoms with Crippen LogP contribution in [0.3, 0.4) is 0 Å². The Morgan fingerprint density at radius 3 is 2.58 bits per heavy atom. The lowest BCUT2D eigenvalue weighted by Gasteiger charge is -2.19. The average molecular weight is 450 g/mol. The molecule has 0 bridgehead atoms. The fourth-order valence-corrected chi connectivity index (χ4v) is 2.83. The lowest BCUT2D eigenvalue weighted by atomic mass is 9.96. The molecule has 31 heavy (non-hydrogen) atoms. The van der Waals surface area contributed by atoms with E-state index in [1.165, 1.54) is 0 Å². The number of nitrogens with one attached hydrogen (secondary N) is 3. The van der Waals surface area contributed by atoms with E-state index in [-0.39, 0.29) is 0 Å². The monoisotopic (exact) mass is 449 g/mol. The Morgan fingerprint density at radius 2 is 1.97 bits per heavy atom. The van der Waals surface area contributed by atoms with E-state index in [0.717, 1.165) is 35.6 Å². The first-order valence-electron chi connectivity index (χ1n) is 10.2. The van der Waals surface area contributed by atoms with Crippen molar-refractivity contribution in [3.63, 3.8) is 0 Å². The second-order valence-corrected chi connectivity index (χ2v) is 8.49. The molecule has 4 N–H and O–H groups in total. The van der Waals surface area contributed by atoms with E-state index in [9.17, 15) is 14.7 Å². The first-order valence-corrected chi connectivity index (χ1v) is 10.5. The molecule has 0 atom stereocenters. The number of ether oxygens (including phenoxy) is 1. The van der Waals surface area contributed by atoms with Crippen LogP contribution in [-0.4, -0.2) is 35.0 Å². The summed E-state index contributed by atoms with van der Waals surface area (Å²) in [6.45, 7) is 9.43. The molecule has 0 heterocycles. The fraction of sp³-hybridized carbons (Fsp3) is 0.435. The van der Waals surface area contributed by atoms with Gasteiger partial charge in [-0.2, -0.15) is 0 Å². The Kier molecular flexibility index (Phi) is 10.3. The summed E-state index contributed by atoms with van der Waals surface area (Å²) in [6, 6.07) is 5.70. The van der Waals surface area contributed by atoms with E-state index >= 15 is 0 Å². The molecule has 1 aromatic carbocycles. The summed E-state index contributed by atoms with van der Waals surface area (Å²) < 4.78 is 5.00. The zero-order valence-corrected chi connectivity index (χ0v) is 19.5. The maximum atomic E-state index is 12.2. The molecule has 0 aliphatic carbocycles. The van der Waals surface area contributed by atoms with Crippen molar-refractivity contribution in [1.29, 1.82) is 5.41 Å². The standard InChI is InChI=1S/C23H32ClN3O4/c1-6-7-8-16(18-13-17(24)10-9-15(18)2)11-12-26-21(29)19(25)14-20(28)27-22(30)31-23(3,4)5/h8-10,13-14,25,28H,6-7,11-12H2,1-5H3,(H,26,29)(H,27,30)/b16-8-,20-14-,25-19?. The smallest absolute Gasteiger partial charge is 0.414 e. The number of carbonyl (C=O) groups is 2. The molecule has 0 fully saturated rings. The van der Waals surface area contributed by atoms with E-state index in [0.29, 0.717) is 18.0 Å². The summed E-state index contributed by atoms with van der Waals surface area (Å²) in [5, 5.41) is 22.9. The highest BCUT2D eigenvalue weighted by Crippen LogP contribution is 2.25. The molecule has 0 aliphatic heterocycles. The number of hydrogen-bond acceptors (Lipinski definition) is 5. The Balaban J connectivity index is 2.69. The van der Waals surface area contributed by atoms with E-state index in [2.05, 4.69) is 23.6 Å². The Morgan fingerprint density at radius 1 is 1.29 bits per heavy atom. The van der Waals surface area contributed by atoms with Crippen LogP contribution >= 0.6 is 11.6 Å². The summed E-state index contributed by atoms with van der Waals surface area (Å²) in [5.74, 6) is -1.32. The van der Waals surface area contributed by atoms with Gasteiger partial charge in [-0.25, -0.2) is 4.79 Å². The molecule has 1 rings (SSSR count). The second kappa shape index (κ2) is 12.2. The Hall–Kier alpha value is -2.80. The molecule has 0 spiro atoms. The van der Waals surface area contributed by atoms with Crippen molar-refractivity contribution in [1.82, 2.24) is 10.6 Å². The number of aryl methyl sites for hydroxylation is 1. The van der Waals surface area contributed by atoms with Gasteiger partial charge >= 0.3 is 6.09 Å². The van der Waals surface area contributed by atoms with Crippen molar-refractivity contribution in [2.45, 2.75) is 59.5 Å². The van der Waals surface area contributed by atoms with Gasteiger partial charge in [-0.05, 0) is 69.4 Å². The third-order valence-corrected chi connectivity index (χ3v) is 4.29. The van der Waals surface area contributed by atoms with Crippen molar-refractivity contribution >= 4 is 34.9 Å². The third kappa shape index (κ3) is 10.2. The lowest BCUT2D eigenvalue weighted by Crippen LogP contribution is -2.34. The van der Waals surface area contributed by atoms with Gasteiger partial charge < -0.3 is 15.2 Å². The Labute approximate surface area is 189 Å². The van der Waals surface area contributed by atoms with E-state index in [1.54, 1.807) is 20.8 Å². The van der Waals surface area contributed by atoms with Crippen LogP contribution in [0.25, 0.3) is 5.57 Å². The van der Waals surface area contributed by atoms with Gasteiger partial charge in [0.1, 0.15) is 11.3 Å². The highest BCUT2D eigenvalue weighted by atomic mass is 35.5. The zero-order chi connectivity index (χ0) is 23.6. The summed E-state index contributed by atoms with van der Waals surface area (Å²) in [6.07, 6.45) is 4.57. The van der Waals surface area contributed by atoms with E-state index < -0.39 is 29.2 Å². The molecule has 0 saturated carbocycles. The molecular formula is C23H32ClN3O4. The van der Waals surface area contributed by atoms with Crippen LogP contribution in [-0.2, 0) is 9.53 Å². The van der Waals surface area contributed by atoms with Gasteiger partial charge in [0.15, 0.2) is 5.88 Å². The maximum Gasteiger partial charge on any atom is 0.414 e. The predicted molar refractivity (Wildman–Crippen MR) is 125 cm³/mol. The molecule has 0 aromatic heterocycles. The van der Waals surface area contributed by atoms with Crippen LogP contribution in [0.4, 0.5) is 4.79 Å². The van der Waals surface area contributed by atoms with Gasteiger partial charge in [0.25, 0.3) is 5.91 Å². The maximum absolute atomic E-state index is 12.2. The second-order valence-electron chi connectivity index (χ2n) is 8.05. The minimum atomic E-state index is -0.878. The number of alkyl carbamates (subject to hydrolysis) is 1. The molecule has 0 saturated heterocycles. The van der Waals surface area contributed by atoms with Crippen molar-refractivity contribution in [2.24, 2.45) is 0 Å². The van der Waals surface area contributed by atoms with Crippen LogP contribution in [0.2, 0.25) is 5.02 Å². The number of carbonyl (C=O) groups excluding carboxylic acids is 2. The molecule has 8 heteroatoms. The van der Waals surface area contributed by atoms with Gasteiger partial charge in [0, 0.05) is 17.6 Å². The number of amides is 2. The summed E-state index contributed by atoms with van der Waals surface area (Å²) in [5.41, 5.74) is 1.96. The zero-order valence-electron chi connectivity index (χ0n) is 18.8. The first kappa shape index (κ1) is 26.2. The van der Waals surface area contributed by atoms with Crippen molar-refractivity contribution in [2.75, 3.05) is 6.54 Å². The van der Waals surface area contributed by atoms with Gasteiger partial charge in [-0.15, -0.1) is 0 Å². The molecule has 2 amide bonds. The topological polar surface area (TPSA) is 112 Å². The molecular weight excluding hydrogens is 418 g/mol. The number of aliphatic hydroxyl groups is 1. The first-order chi connectivity index (χ1) is 14.4. The predicted octanol–water partition coefficient (Wildman–Crippen LogP) is 5.28. The van der Waals surface area contributed by atoms with Gasteiger partial charge in [-0.1, -0.05) is 37.1 Å². The minimum Gasteiger partial charge on any atom is -0.494 e. The minimum absolute atomic E-state index is 0.302. The van der Waals surface area contributed by atoms with Crippen LogP contribution in [0.1, 0.15) is 58.1 Å². The average Bonchev–Trinajstić information content (AvgIpc) is 2.64. The number of hydrogen-bond donors (Lipinski definition) is 4. The third-order valence-electron chi connectivity index (χ3n) is 4.06. The number of benzene rings is 1. The van der Waals surface area contributed by atoms with Gasteiger partial charge in [0.2, 0.25) is 0 Å². The number of rotatable bonds is 9. The molecule has 0 aliphatic rings. The summed E-state index contributed by atoms with van der Waals surface area (Å²) in [4.78, 5) is 23.8. The molecule has 1 aromatic rings. The SMILES string of the molecule is CCC/C=C(/CCNC(=O)C(=N)/C=C(\O)NC(=O)OC(C)(C)C)c1cc(Cl)ccc1C. The fourth-order valence-electron chi connectivity index (χ4n) is 2.66. The van der Waals surface area contributed by atoms with E-state index in [4.69, 9.17) is 21.7 Å².